The molecule has 0 aliphatic heterocycles. The maximum Gasteiger partial charge on any atom is 0.364 e. The van der Waals surface area contributed by atoms with Crippen LogP contribution in [0.15, 0.2) is 29.4 Å². The summed E-state index contributed by atoms with van der Waals surface area (Å²) >= 11 is 0. The Kier molecular flexibility index (Phi) is 5.79. The highest BCUT2D eigenvalue weighted by Gasteiger charge is 2.14. The maximum absolute atomic E-state index is 11.3. The number of hydrazone groups is 2. The largest absolute Gasteiger partial charge is 0.508 e. The first-order chi connectivity index (χ1) is 10.4. The number of nitrogens with one attached hydrogen (secondary N) is 4. The van der Waals surface area contributed by atoms with E-state index in [2.05, 4.69) is 10.2 Å². The van der Waals surface area contributed by atoms with Crippen LogP contribution in [-0.4, -0.2) is 34.1 Å². The summed E-state index contributed by atoms with van der Waals surface area (Å²) in [6.07, 6.45) is 1.36. The molecule has 0 unspecified atom stereocenters. The van der Waals surface area contributed by atoms with Gasteiger partial charge < -0.3 is 10.8 Å². The van der Waals surface area contributed by atoms with Crippen molar-refractivity contribution < 1.29 is 24.8 Å². The van der Waals surface area contributed by atoms with Crippen molar-refractivity contribution in [3.63, 3.8) is 0 Å². The van der Waals surface area contributed by atoms with Crippen molar-refractivity contribution in [3.05, 3.63) is 39.9 Å². The number of hydrogen-bond acceptors (Lipinski definition) is 6. The molecule has 0 saturated heterocycles. The number of phenols is 1. The normalized spacial score (nSPS) is 11.0. The second-order valence-corrected chi connectivity index (χ2v) is 3.64. The van der Waals surface area contributed by atoms with Crippen molar-refractivity contribution >= 4 is 24.0 Å². The number of hydrazine groups is 2. The smallest absolute Gasteiger partial charge is 0.364 e. The molecule has 0 atom stereocenters. The van der Waals surface area contributed by atoms with Crippen LogP contribution in [0.25, 0.3) is 0 Å². The molecule has 1 aromatic carbocycles. The van der Waals surface area contributed by atoms with Gasteiger partial charge in [0.15, 0.2) is 11.2 Å². The van der Waals surface area contributed by atoms with Gasteiger partial charge in [0, 0.05) is 5.56 Å². The number of rotatable bonds is 4. The lowest BCUT2D eigenvalue weighted by Crippen LogP contribution is -2.82. The number of aromatic hydroxyl groups is 1. The van der Waals surface area contributed by atoms with Gasteiger partial charge in [-0.15, -0.1) is 15.6 Å². The molecule has 22 heavy (non-hydrogen) atoms. The number of amides is 2. The van der Waals surface area contributed by atoms with Crippen LogP contribution in [0.4, 0.5) is 0 Å². The lowest BCUT2D eigenvalue weighted by atomic mass is 10.2. The van der Waals surface area contributed by atoms with E-state index in [1.165, 1.54) is 23.8 Å². The Morgan fingerprint density at radius 1 is 1.32 bits per heavy atom. The Bertz CT molecular complexity index is 625. The molecule has 0 aliphatic rings. The molecule has 7 N–H and O–H groups in total. The Labute approximate surface area is 122 Å². The fourth-order valence-electron chi connectivity index (χ4n) is 1.09. The summed E-state index contributed by atoms with van der Waals surface area (Å²) in [6.45, 7) is 0. The van der Waals surface area contributed by atoms with Crippen molar-refractivity contribution in [1.82, 2.24) is 16.3 Å². The summed E-state index contributed by atoms with van der Waals surface area (Å²) in [7, 11) is 0. The summed E-state index contributed by atoms with van der Waals surface area (Å²) in [4.78, 5) is 32.6. The lowest BCUT2D eigenvalue weighted by Gasteiger charge is -1.97. The quantitative estimate of drug-likeness (QED) is 0.108. The minimum Gasteiger partial charge on any atom is -0.508 e. The van der Waals surface area contributed by atoms with Gasteiger partial charge >= 0.3 is 11.8 Å². The summed E-state index contributed by atoms with van der Waals surface area (Å²) in [5, 5.41) is 23.5. The Balaban J connectivity index is 2.46. The summed E-state index contributed by atoms with van der Waals surface area (Å²) in [5.74, 6) is -2.92. The van der Waals surface area contributed by atoms with E-state index in [1.54, 1.807) is 17.6 Å². The molecule has 0 bridgehead atoms. The fraction of sp³-hybridized carbons (Fsp3) is 0. The molecule has 0 aromatic heterocycles. The van der Waals surface area contributed by atoms with Gasteiger partial charge in [-0.05, 0) is 24.3 Å². The van der Waals surface area contributed by atoms with Crippen LogP contribution in [0, 0.1) is 10.1 Å². The zero-order valence-electron chi connectivity index (χ0n) is 10.9. The highest BCUT2D eigenvalue weighted by atomic mass is 16.7. The highest BCUT2D eigenvalue weighted by molar-refractivity contribution is 6.34. The van der Waals surface area contributed by atoms with Crippen LogP contribution < -0.4 is 27.1 Å². The molecule has 0 radical (unpaired) electrons. The monoisotopic (exact) mass is 310 g/mol. The number of phenolic OH excluding ortho intramolecular Hbond substituents is 1. The second kappa shape index (κ2) is 7.78. The molecule has 0 heterocycles. The van der Waals surface area contributed by atoms with Crippen LogP contribution in [-0.2, 0) is 9.59 Å². The number of guanidine groups is 1. The van der Waals surface area contributed by atoms with Crippen LogP contribution in [0.3, 0.4) is 0 Å². The molecule has 12 heteroatoms. The van der Waals surface area contributed by atoms with Crippen LogP contribution >= 0.6 is 0 Å². The number of nitro groups is 1. The number of nitrogens with zero attached hydrogens (tertiary/aromatic N) is 2. The molecule has 1 aromatic rings. The maximum atomic E-state index is 11.3. The number of benzene rings is 1. The number of carbonyl (C=O) groups is 2. The average molecular weight is 310 g/mol. The number of carbonyl (C=O) groups excluding carboxylic acids is 2. The minimum absolute atomic E-state index is 0.0827. The average Bonchev–Trinajstić information content (AvgIpc) is 2.46. The van der Waals surface area contributed by atoms with Gasteiger partial charge in [0.25, 0.3) is 5.96 Å². The highest BCUT2D eigenvalue weighted by Crippen LogP contribution is 2.06. The molecule has 0 saturated carbocycles. The van der Waals surface area contributed by atoms with Crippen LogP contribution in [0.1, 0.15) is 5.56 Å². The van der Waals surface area contributed by atoms with E-state index in [9.17, 15) is 19.7 Å². The van der Waals surface area contributed by atoms with Crippen molar-refractivity contribution in [2.75, 3.05) is 0 Å². The molecule has 0 aliphatic carbocycles. The topological polar surface area (TPSA) is 186 Å². The van der Waals surface area contributed by atoms with Crippen molar-refractivity contribution in [2.24, 2.45) is 10.8 Å². The summed E-state index contributed by atoms with van der Waals surface area (Å²) in [6, 6.07) is 5.98. The van der Waals surface area contributed by atoms with E-state index in [4.69, 9.17) is 10.8 Å². The van der Waals surface area contributed by atoms with Gasteiger partial charge in [-0.1, -0.05) is 5.43 Å². The molecule has 116 valence electrons. The molecule has 1 rings (SSSR count). The van der Waals surface area contributed by atoms with E-state index < -0.39 is 22.8 Å². The SMILES string of the molecule is NC(=NNC(=O)C(=O)N[NH+]=Cc1ccc(O)cc1)N[N+](=O)[O-]. The standard InChI is InChI=1S/C10H11N7O5/c11-10(16-17(21)22)15-14-9(20)8(19)13-12-5-6-1-3-7(18)4-2-6/h1-5,18H,(H,13,19)(H,14,20)(H3,11,15,16)/p+1. The molecule has 12 nitrogen and oxygen atoms in total. The molecule has 0 spiro atoms. The first-order valence-corrected chi connectivity index (χ1v) is 5.61. The van der Waals surface area contributed by atoms with Gasteiger partial charge in [-0.25, -0.2) is 15.5 Å². The van der Waals surface area contributed by atoms with E-state index in [-0.39, 0.29) is 5.75 Å². The first kappa shape index (κ1) is 16.4. The van der Waals surface area contributed by atoms with Gasteiger partial charge in [-0.2, -0.15) is 0 Å². The summed E-state index contributed by atoms with van der Waals surface area (Å²) < 4.78 is 0. The van der Waals surface area contributed by atoms with Gasteiger partial charge in [0.2, 0.25) is 0 Å². The van der Waals surface area contributed by atoms with Crippen molar-refractivity contribution in [2.45, 2.75) is 0 Å². The number of nitrogens with two attached hydrogens (primary N) is 1. The Hall–Kier alpha value is -3.70. The molecular weight excluding hydrogens is 298 g/mol. The van der Waals surface area contributed by atoms with Gasteiger partial charge in [0.05, 0.1) is 0 Å². The van der Waals surface area contributed by atoms with Crippen LogP contribution in [0.5, 0.6) is 5.75 Å². The van der Waals surface area contributed by atoms with Gasteiger partial charge in [0.1, 0.15) is 5.75 Å². The van der Waals surface area contributed by atoms with Crippen LogP contribution in [0.2, 0.25) is 0 Å². The third kappa shape index (κ3) is 5.96. The Morgan fingerprint density at radius 3 is 2.55 bits per heavy atom. The predicted molar refractivity (Wildman–Crippen MR) is 72.3 cm³/mol. The minimum atomic E-state index is -1.19. The Morgan fingerprint density at radius 2 is 1.95 bits per heavy atom. The fourth-order valence-corrected chi connectivity index (χ4v) is 1.09. The number of hydrogen-bond donors (Lipinski definition) is 6. The molecular formula is C10H12N7O5+. The first-order valence-electron chi connectivity index (χ1n) is 5.61. The summed E-state index contributed by atoms with van der Waals surface area (Å²) in [5.41, 5.74) is 10.8. The van der Waals surface area contributed by atoms with E-state index >= 15 is 0 Å². The van der Waals surface area contributed by atoms with E-state index in [1.807, 2.05) is 5.43 Å². The molecule has 2 amide bonds. The second-order valence-electron chi connectivity index (χ2n) is 3.64. The van der Waals surface area contributed by atoms with Gasteiger partial charge in [-0.3, -0.25) is 9.59 Å². The predicted octanol–water partition coefficient (Wildman–Crippen LogP) is -3.95. The lowest BCUT2D eigenvalue weighted by molar-refractivity contribution is -0.525. The molecule has 0 fully saturated rings. The third-order valence-electron chi connectivity index (χ3n) is 2.01. The van der Waals surface area contributed by atoms with Crippen molar-refractivity contribution in [3.8, 4) is 5.75 Å². The zero-order valence-corrected chi connectivity index (χ0v) is 10.9. The van der Waals surface area contributed by atoms with E-state index in [0.29, 0.717) is 5.56 Å². The third-order valence-corrected chi connectivity index (χ3v) is 2.01. The van der Waals surface area contributed by atoms with Crippen molar-refractivity contribution in [1.29, 1.82) is 0 Å². The van der Waals surface area contributed by atoms with E-state index in [0.717, 1.165) is 0 Å². The zero-order chi connectivity index (χ0) is 16.5.